The highest BCUT2D eigenvalue weighted by Crippen LogP contribution is 2.09. The summed E-state index contributed by atoms with van der Waals surface area (Å²) in [6, 6.07) is 3.99. The van der Waals surface area contributed by atoms with Crippen LogP contribution in [0.4, 0.5) is 4.39 Å². The first-order valence-corrected chi connectivity index (χ1v) is 4.22. The van der Waals surface area contributed by atoms with Crippen LogP contribution in [-0.4, -0.2) is 9.55 Å². The van der Waals surface area contributed by atoms with Crippen LogP contribution < -0.4 is 5.56 Å². The lowest BCUT2D eigenvalue weighted by atomic mass is 10.2. The molecule has 0 aliphatic rings. The van der Waals surface area contributed by atoms with Gasteiger partial charge in [-0.05, 0) is 19.1 Å². The standard InChI is InChI=1S/C10H9FN2O/c1-6-12-9-5-7(11)3-4-8(9)10(14)13(6)2/h3-5H,1-2H3. The van der Waals surface area contributed by atoms with Crippen molar-refractivity contribution in [1.82, 2.24) is 9.55 Å². The van der Waals surface area contributed by atoms with Crippen LogP contribution in [0, 0.1) is 12.7 Å². The number of rotatable bonds is 0. The number of benzene rings is 1. The number of halogens is 1. The minimum absolute atomic E-state index is 0.146. The van der Waals surface area contributed by atoms with E-state index in [9.17, 15) is 9.18 Å². The van der Waals surface area contributed by atoms with Crippen molar-refractivity contribution in [3.05, 3.63) is 40.2 Å². The molecule has 1 aromatic carbocycles. The van der Waals surface area contributed by atoms with E-state index in [0.29, 0.717) is 16.7 Å². The van der Waals surface area contributed by atoms with E-state index in [2.05, 4.69) is 4.98 Å². The quantitative estimate of drug-likeness (QED) is 0.632. The molecular weight excluding hydrogens is 183 g/mol. The fraction of sp³-hybridized carbons (Fsp3) is 0.200. The van der Waals surface area contributed by atoms with Gasteiger partial charge in [0.2, 0.25) is 0 Å². The zero-order chi connectivity index (χ0) is 10.3. The minimum Gasteiger partial charge on any atom is -0.299 e. The molecule has 0 aliphatic carbocycles. The molecule has 1 aromatic heterocycles. The van der Waals surface area contributed by atoms with Crippen molar-refractivity contribution >= 4 is 10.9 Å². The number of hydrogen-bond donors (Lipinski definition) is 0. The van der Waals surface area contributed by atoms with Gasteiger partial charge in [0, 0.05) is 13.1 Å². The zero-order valence-electron chi connectivity index (χ0n) is 7.91. The van der Waals surface area contributed by atoms with Crippen molar-refractivity contribution in [3.63, 3.8) is 0 Å². The van der Waals surface area contributed by atoms with Crippen molar-refractivity contribution in [2.45, 2.75) is 6.92 Å². The van der Waals surface area contributed by atoms with Gasteiger partial charge in [-0.2, -0.15) is 0 Å². The summed E-state index contributed by atoms with van der Waals surface area (Å²) >= 11 is 0. The molecule has 0 saturated carbocycles. The lowest BCUT2D eigenvalue weighted by Crippen LogP contribution is -2.20. The van der Waals surface area contributed by atoms with E-state index >= 15 is 0 Å². The predicted octanol–water partition coefficient (Wildman–Crippen LogP) is 1.38. The lowest BCUT2D eigenvalue weighted by Gasteiger charge is -2.04. The molecule has 2 aromatic rings. The van der Waals surface area contributed by atoms with E-state index in [0.717, 1.165) is 0 Å². The normalized spacial score (nSPS) is 10.8. The highest BCUT2D eigenvalue weighted by Gasteiger charge is 2.05. The first-order chi connectivity index (χ1) is 6.59. The Hall–Kier alpha value is -1.71. The van der Waals surface area contributed by atoms with Gasteiger partial charge in [-0.1, -0.05) is 0 Å². The Labute approximate surface area is 79.8 Å². The Morgan fingerprint density at radius 2 is 2.14 bits per heavy atom. The molecule has 2 rings (SSSR count). The van der Waals surface area contributed by atoms with E-state index in [1.807, 2.05) is 0 Å². The summed E-state index contributed by atoms with van der Waals surface area (Å²) in [7, 11) is 1.65. The maximum Gasteiger partial charge on any atom is 0.261 e. The molecule has 0 N–H and O–H groups in total. The second-order valence-electron chi connectivity index (χ2n) is 3.18. The van der Waals surface area contributed by atoms with Gasteiger partial charge in [-0.15, -0.1) is 0 Å². The minimum atomic E-state index is -0.377. The van der Waals surface area contributed by atoms with Gasteiger partial charge >= 0.3 is 0 Å². The van der Waals surface area contributed by atoms with Crippen molar-refractivity contribution in [3.8, 4) is 0 Å². The topological polar surface area (TPSA) is 34.9 Å². The van der Waals surface area contributed by atoms with Crippen molar-refractivity contribution in [2.24, 2.45) is 7.05 Å². The van der Waals surface area contributed by atoms with Crippen molar-refractivity contribution in [2.75, 3.05) is 0 Å². The summed E-state index contributed by atoms with van der Waals surface area (Å²) in [4.78, 5) is 15.8. The van der Waals surface area contributed by atoms with E-state index in [4.69, 9.17) is 0 Å². The SMILES string of the molecule is Cc1nc2cc(F)ccc2c(=O)n1C. The highest BCUT2D eigenvalue weighted by atomic mass is 19.1. The van der Waals surface area contributed by atoms with Crippen molar-refractivity contribution < 1.29 is 4.39 Å². The Bertz CT molecular complexity index is 560. The molecule has 1 heterocycles. The molecule has 0 radical (unpaired) electrons. The van der Waals surface area contributed by atoms with Crippen LogP contribution in [0.25, 0.3) is 10.9 Å². The van der Waals surface area contributed by atoms with E-state index in [1.165, 1.54) is 22.8 Å². The summed E-state index contributed by atoms with van der Waals surface area (Å²) in [6.45, 7) is 1.71. The summed E-state index contributed by atoms with van der Waals surface area (Å²) in [5.74, 6) is 0.200. The second kappa shape index (κ2) is 2.90. The van der Waals surface area contributed by atoms with E-state index in [-0.39, 0.29) is 11.4 Å². The van der Waals surface area contributed by atoms with Gasteiger partial charge in [-0.25, -0.2) is 9.37 Å². The van der Waals surface area contributed by atoms with Crippen LogP contribution in [0.15, 0.2) is 23.0 Å². The fourth-order valence-electron chi connectivity index (χ4n) is 1.36. The largest absolute Gasteiger partial charge is 0.299 e. The molecule has 0 amide bonds. The molecule has 0 saturated heterocycles. The van der Waals surface area contributed by atoms with E-state index < -0.39 is 0 Å². The Morgan fingerprint density at radius 1 is 1.43 bits per heavy atom. The monoisotopic (exact) mass is 192 g/mol. The molecule has 0 spiro atoms. The smallest absolute Gasteiger partial charge is 0.261 e. The van der Waals surface area contributed by atoms with Crippen LogP contribution in [-0.2, 0) is 7.05 Å². The second-order valence-corrected chi connectivity index (χ2v) is 3.18. The average molecular weight is 192 g/mol. The number of fused-ring (bicyclic) bond motifs is 1. The third kappa shape index (κ3) is 1.19. The number of aryl methyl sites for hydroxylation is 1. The zero-order valence-corrected chi connectivity index (χ0v) is 7.91. The lowest BCUT2D eigenvalue weighted by molar-refractivity contribution is 0.629. The summed E-state index contributed by atoms with van der Waals surface area (Å²) < 4.78 is 14.3. The summed E-state index contributed by atoms with van der Waals surface area (Å²) in [5.41, 5.74) is 0.262. The van der Waals surface area contributed by atoms with Crippen LogP contribution in [0.2, 0.25) is 0 Å². The van der Waals surface area contributed by atoms with Gasteiger partial charge < -0.3 is 0 Å². The molecule has 4 heteroatoms. The number of hydrogen-bond acceptors (Lipinski definition) is 2. The molecular formula is C10H9FN2O. The van der Waals surface area contributed by atoms with Crippen molar-refractivity contribution in [1.29, 1.82) is 0 Å². The third-order valence-corrected chi connectivity index (χ3v) is 2.26. The van der Waals surface area contributed by atoms with Gasteiger partial charge in [-0.3, -0.25) is 9.36 Å². The average Bonchev–Trinajstić information content (AvgIpc) is 2.14. The molecule has 3 nitrogen and oxygen atoms in total. The first-order valence-electron chi connectivity index (χ1n) is 4.22. The molecule has 0 atom stereocenters. The highest BCUT2D eigenvalue weighted by molar-refractivity contribution is 5.77. The first kappa shape index (κ1) is 8.87. The van der Waals surface area contributed by atoms with Crippen LogP contribution in [0.1, 0.15) is 5.82 Å². The number of aromatic nitrogens is 2. The van der Waals surface area contributed by atoms with Gasteiger partial charge in [0.05, 0.1) is 10.9 Å². The summed E-state index contributed by atoms with van der Waals surface area (Å²) in [5, 5.41) is 0.444. The Balaban J connectivity index is 2.98. The van der Waals surface area contributed by atoms with Gasteiger partial charge in [0.25, 0.3) is 5.56 Å². The molecule has 0 fully saturated rings. The maximum atomic E-state index is 12.9. The molecule has 72 valence electrons. The maximum absolute atomic E-state index is 12.9. The molecule has 0 bridgehead atoms. The van der Waals surface area contributed by atoms with E-state index in [1.54, 1.807) is 14.0 Å². The summed E-state index contributed by atoms with van der Waals surface area (Å²) in [6.07, 6.45) is 0. The van der Waals surface area contributed by atoms with Gasteiger partial charge in [0.15, 0.2) is 0 Å². The molecule has 0 aliphatic heterocycles. The fourth-order valence-corrected chi connectivity index (χ4v) is 1.36. The van der Waals surface area contributed by atoms with Crippen LogP contribution >= 0.6 is 0 Å². The molecule has 0 unspecified atom stereocenters. The molecule has 14 heavy (non-hydrogen) atoms. The third-order valence-electron chi connectivity index (χ3n) is 2.26. The van der Waals surface area contributed by atoms with Gasteiger partial charge in [0.1, 0.15) is 11.6 Å². The Morgan fingerprint density at radius 3 is 2.86 bits per heavy atom. The van der Waals surface area contributed by atoms with Crippen LogP contribution in [0.3, 0.4) is 0 Å². The predicted molar refractivity (Wildman–Crippen MR) is 51.7 cm³/mol. The van der Waals surface area contributed by atoms with Crippen LogP contribution in [0.5, 0.6) is 0 Å². The Kier molecular flexibility index (Phi) is 1.84. The number of nitrogens with zero attached hydrogens (tertiary/aromatic N) is 2.